The van der Waals surface area contributed by atoms with Crippen LogP contribution in [0.5, 0.6) is 0 Å². The van der Waals surface area contributed by atoms with Gasteiger partial charge in [-0.3, -0.25) is 0 Å². The van der Waals surface area contributed by atoms with Crippen LogP contribution in [0.25, 0.3) is 0 Å². The van der Waals surface area contributed by atoms with Crippen molar-refractivity contribution in [2.75, 3.05) is 7.05 Å². The molecule has 0 fully saturated rings. The van der Waals surface area contributed by atoms with E-state index >= 15 is 0 Å². The molecule has 0 saturated heterocycles. The van der Waals surface area contributed by atoms with Gasteiger partial charge >= 0.3 is 6.18 Å². The first kappa shape index (κ1) is 15.9. The summed E-state index contributed by atoms with van der Waals surface area (Å²) in [4.78, 5) is 1.06. The number of rotatable bonds is 5. The molecule has 0 bridgehead atoms. The van der Waals surface area contributed by atoms with E-state index in [0.29, 0.717) is 11.3 Å². The predicted octanol–water partition coefficient (Wildman–Crippen LogP) is 4.72. The Morgan fingerprint density at radius 3 is 2.43 bits per heavy atom. The molecule has 112 valence electrons. The van der Waals surface area contributed by atoms with Crippen molar-refractivity contribution in [1.82, 2.24) is 5.32 Å². The van der Waals surface area contributed by atoms with Crippen LogP contribution in [0.15, 0.2) is 53.4 Å². The Bertz CT molecular complexity index is 596. The molecular formula is C16H16F3NS. The van der Waals surface area contributed by atoms with Gasteiger partial charge in [-0.05, 0) is 36.4 Å². The number of hydrogen-bond donors (Lipinski definition) is 1. The third kappa shape index (κ3) is 4.79. The van der Waals surface area contributed by atoms with Gasteiger partial charge in [-0.1, -0.05) is 30.3 Å². The maximum absolute atomic E-state index is 12.7. The molecule has 0 aliphatic carbocycles. The van der Waals surface area contributed by atoms with E-state index in [2.05, 4.69) is 11.4 Å². The predicted molar refractivity (Wildman–Crippen MR) is 80.2 cm³/mol. The molecule has 2 aromatic rings. The summed E-state index contributed by atoms with van der Waals surface area (Å²) in [6.45, 7) is 0.776. The van der Waals surface area contributed by atoms with Crippen LogP contribution >= 0.6 is 11.8 Å². The molecule has 21 heavy (non-hydrogen) atoms. The zero-order chi connectivity index (χ0) is 15.3. The Morgan fingerprint density at radius 1 is 1.00 bits per heavy atom. The van der Waals surface area contributed by atoms with Crippen LogP contribution in [-0.2, 0) is 18.5 Å². The van der Waals surface area contributed by atoms with Gasteiger partial charge in [0.25, 0.3) is 0 Å². The number of benzene rings is 2. The standard InChI is InChI=1S/C16H16F3NS/c1-20-10-12-4-3-7-15(9-12)21-11-13-5-2-6-14(8-13)16(17,18)19/h2-9,20H,10-11H2,1H3. The van der Waals surface area contributed by atoms with Crippen LogP contribution in [-0.4, -0.2) is 7.05 Å². The first-order valence-corrected chi connectivity index (χ1v) is 7.50. The van der Waals surface area contributed by atoms with Crippen molar-refractivity contribution in [2.45, 2.75) is 23.4 Å². The summed E-state index contributed by atoms with van der Waals surface area (Å²) in [7, 11) is 1.88. The van der Waals surface area contributed by atoms with E-state index in [1.807, 2.05) is 25.2 Å². The summed E-state index contributed by atoms with van der Waals surface area (Å²) in [5.41, 5.74) is 1.24. The highest BCUT2D eigenvalue weighted by molar-refractivity contribution is 7.98. The second-order valence-corrected chi connectivity index (χ2v) is 5.71. The zero-order valence-corrected chi connectivity index (χ0v) is 12.4. The fraction of sp³-hybridized carbons (Fsp3) is 0.250. The molecule has 2 aromatic carbocycles. The molecule has 0 saturated carbocycles. The van der Waals surface area contributed by atoms with E-state index in [4.69, 9.17) is 0 Å². The summed E-state index contributed by atoms with van der Waals surface area (Å²) in [6.07, 6.45) is -4.28. The molecule has 2 rings (SSSR count). The molecule has 0 spiro atoms. The highest BCUT2D eigenvalue weighted by Crippen LogP contribution is 2.31. The SMILES string of the molecule is CNCc1cccc(SCc2cccc(C(F)(F)F)c2)c1. The number of nitrogens with one attached hydrogen (secondary N) is 1. The summed E-state index contributed by atoms with van der Waals surface area (Å²) in [6, 6.07) is 13.5. The maximum atomic E-state index is 12.7. The second-order valence-electron chi connectivity index (χ2n) is 4.66. The first-order chi connectivity index (χ1) is 9.99. The molecule has 0 aliphatic rings. The Morgan fingerprint density at radius 2 is 1.71 bits per heavy atom. The van der Waals surface area contributed by atoms with E-state index in [-0.39, 0.29) is 0 Å². The maximum Gasteiger partial charge on any atom is 0.416 e. The number of thioether (sulfide) groups is 1. The van der Waals surface area contributed by atoms with E-state index in [1.54, 1.807) is 6.07 Å². The smallest absolute Gasteiger partial charge is 0.316 e. The lowest BCUT2D eigenvalue weighted by Crippen LogP contribution is -2.05. The van der Waals surface area contributed by atoms with Crippen molar-refractivity contribution >= 4 is 11.8 Å². The van der Waals surface area contributed by atoms with Crippen LogP contribution in [0, 0.1) is 0 Å². The fourth-order valence-electron chi connectivity index (χ4n) is 1.95. The number of halogens is 3. The summed E-state index contributed by atoms with van der Waals surface area (Å²) in [5.74, 6) is 0.521. The normalized spacial score (nSPS) is 11.6. The molecule has 0 heterocycles. The highest BCUT2D eigenvalue weighted by Gasteiger charge is 2.30. The first-order valence-electron chi connectivity index (χ1n) is 6.51. The van der Waals surface area contributed by atoms with Crippen LogP contribution in [0.3, 0.4) is 0 Å². The molecule has 0 aliphatic heterocycles. The Kier molecular flexibility index (Phi) is 5.31. The average Bonchev–Trinajstić information content (AvgIpc) is 2.45. The van der Waals surface area contributed by atoms with Crippen molar-refractivity contribution < 1.29 is 13.2 Å². The molecule has 0 aromatic heterocycles. The summed E-state index contributed by atoms with van der Waals surface area (Å²) in [5, 5.41) is 3.07. The molecule has 1 N–H and O–H groups in total. The highest BCUT2D eigenvalue weighted by atomic mass is 32.2. The minimum absolute atomic E-state index is 0.521. The van der Waals surface area contributed by atoms with Crippen molar-refractivity contribution in [3.63, 3.8) is 0 Å². The Labute approximate surface area is 126 Å². The minimum atomic E-state index is -4.28. The fourth-order valence-corrected chi connectivity index (χ4v) is 2.88. The summed E-state index contributed by atoms with van der Waals surface area (Å²) < 4.78 is 38.0. The molecule has 0 amide bonds. The monoisotopic (exact) mass is 311 g/mol. The third-order valence-electron chi connectivity index (χ3n) is 2.94. The van der Waals surface area contributed by atoms with Crippen molar-refractivity contribution in [3.8, 4) is 0 Å². The van der Waals surface area contributed by atoms with E-state index < -0.39 is 11.7 Å². The van der Waals surface area contributed by atoms with Gasteiger partial charge in [-0.2, -0.15) is 13.2 Å². The van der Waals surface area contributed by atoms with Crippen molar-refractivity contribution in [1.29, 1.82) is 0 Å². The van der Waals surface area contributed by atoms with Gasteiger partial charge in [-0.25, -0.2) is 0 Å². The van der Waals surface area contributed by atoms with Crippen LogP contribution in [0.1, 0.15) is 16.7 Å². The van der Waals surface area contributed by atoms with Gasteiger partial charge in [0, 0.05) is 17.2 Å². The van der Waals surface area contributed by atoms with Gasteiger partial charge in [0.2, 0.25) is 0 Å². The summed E-state index contributed by atoms with van der Waals surface area (Å²) >= 11 is 1.54. The topological polar surface area (TPSA) is 12.0 Å². The Hall–Kier alpha value is -1.46. The van der Waals surface area contributed by atoms with Crippen LogP contribution < -0.4 is 5.32 Å². The van der Waals surface area contributed by atoms with Crippen molar-refractivity contribution in [2.24, 2.45) is 0 Å². The van der Waals surface area contributed by atoms with E-state index in [1.165, 1.54) is 23.9 Å². The van der Waals surface area contributed by atoms with Crippen LogP contribution in [0.4, 0.5) is 13.2 Å². The van der Waals surface area contributed by atoms with E-state index in [0.717, 1.165) is 23.1 Å². The van der Waals surface area contributed by atoms with Gasteiger partial charge in [0.05, 0.1) is 5.56 Å². The lowest BCUT2D eigenvalue weighted by atomic mass is 10.1. The quantitative estimate of drug-likeness (QED) is 0.802. The molecular weight excluding hydrogens is 295 g/mol. The van der Waals surface area contributed by atoms with Crippen molar-refractivity contribution in [3.05, 3.63) is 65.2 Å². The van der Waals surface area contributed by atoms with Gasteiger partial charge in [0.15, 0.2) is 0 Å². The van der Waals surface area contributed by atoms with Crippen LogP contribution in [0.2, 0.25) is 0 Å². The zero-order valence-electron chi connectivity index (χ0n) is 11.6. The Balaban J connectivity index is 2.04. The largest absolute Gasteiger partial charge is 0.416 e. The number of alkyl halides is 3. The molecule has 0 atom stereocenters. The third-order valence-corrected chi connectivity index (χ3v) is 4.00. The minimum Gasteiger partial charge on any atom is -0.316 e. The number of hydrogen-bond acceptors (Lipinski definition) is 2. The molecule has 0 unspecified atom stereocenters. The lowest BCUT2D eigenvalue weighted by molar-refractivity contribution is -0.137. The lowest BCUT2D eigenvalue weighted by Gasteiger charge is -2.09. The van der Waals surface area contributed by atoms with Gasteiger partial charge in [0.1, 0.15) is 0 Å². The molecule has 5 heteroatoms. The molecule has 0 radical (unpaired) electrons. The van der Waals surface area contributed by atoms with Gasteiger partial charge < -0.3 is 5.32 Å². The second kappa shape index (κ2) is 7.00. The van der Waals surface area contributed by atoms with Gasteiger partial charge in [-0.15, -0.1) is 11.8 Å². The average molecular weight is 311 g/mol. The van der Waals surface area contributed by atoms with E-state index in [9.17, 15) is 13.2 Å². The molecule has 1 nitrogen and oxygen atoms in total.